The highest BCUT2D eigenvalue weighted by Gasteiger charge is 2.35. The Morgan fingerprint density at radius 2 is 2.17 bits per heavy atom. The smallest absolute Gasteiger partial charge is 0.0459 e. The number of H-pyrrole nitrogens is 1. The van der Waals surface area contributed by atoms with E-state index in [-0.39, 0.29) is 12.4 Å². The van der Waals surface area contributed by atoms with Crippen molar-refractivity contribution in [3.63, 3.8) is 0 Å². The molecule has 1 aromatic carbocycles. The van der Waals surface area contributed by atoms with Crippen LogP contribution in [-0.4, -0.2) is 35.1 Å². The molecule has 1 aliphatic heterocycles. The summed E-state index contributed by atoms with van der Waals surface area (Å²) in [5.41, 5.74) is 11.6. The van der Waals surface area contributed by atoms with E-state index in [0.717, 1.165) is 6.54 Å². The predicted octanol–water partition coefficient (Wildman–Crippen LogP) is 3.42. The highest BCUT2D eigenvalue weighted by atomic mass is 35.5. The molecule has 23 heavy (non-hydrogen) atoms. The Morgan fingerprint density at radius 1 is 1.35 bits per heavy atom. The van der Waals surface area contributed by atoms with Crippen LogP contribution in [0.15, 0.2) is 18.2 Å². The summed E-state index contributed by atoms with van der Waals surface area (Å²) in [6, 6.07) is 8.17. The van der Waals surface area contributed by atoms with Crippen molar-refractivity contribution in [2.75, 3.05) is 13.1 Å². The van der Waals surface area contributed by atoms with Gasteiger partial charge >= 0.3 is 0 Å². The van der Waals surface area contributed by atoms with E-state index in [4.69, 9.17) is 5.73 Å². The van der Waals surface area contributed by atoms with Crippen molar-refractivity contribution in [3.05, 3.63) is 35.0 Å². The standard InChI is InChI=1S/C19H27N3.ClH/c1-12-3-5-18-16(7-12)17-9-15(4-6-19(17)21-18)22-11-14(10-20)8-13(22)2;/h3,5,7,13-15,21H,4,6,8-11,20H2,1-2H3;1H. The lowest BCUT2D eigenvalue weighted by Crippen LogP contribution is -2.41. The zero-order valence-corrected chi connectivity index (χ0v) is 15.0. The van der Waals surface area contributed by atoms with E-state index in [1.807, 2.05) is 0 Å². The molecule has 3 unspecified atom stereocenters. The third-order valence-electron chi connectivity index (χ3n) is 5.83. The van der Waals surface area contributed by atoms with E-state index < -0.39 is 0 Å². The maximum absolute atomic E-state index is 5.91. The van der Waals surface area contributed by atoms with Crippen LogP contribution < -0.4 is 5.73 Å². The summed E-state index contributed by atoms with van der Waals surface area (Å²) < 4.78 is 0. The second-order valence-corrected chi connectivity index (χ2v) is 7.41. The lowest BCUT2D eigenvalue weighted by Gasteiger charge is -2.34. The number of aromatic nitrogens is 1. The molecular formula is C19H28ClN3. The van der Waals surface area contributed by atoms with E-state index in [1.165, 1.54) is 54.4 Å². The van der Waals surface area contributed by atoms with Crippen molar-refractivity contribution in [1.29, 1.82) is 0 Å². The van der Waals surface area contributed by atoms with Crippen LogP contribution in [0, 0.1) is 12.8 Å². The molecule has 0 bridgehead atoms. The number of nitrogens with zero attached hydrogens (tertiary/aromatic N) is 1. The molecule has 4 rings (SSSR count). The lowest BCUT2D eigenvalue weighted by atomic mass is 9.90. The molecule has 1 aromatic heterocycles. The minimum Gasteiger partial charge on any atom is -0.358 e. The summed E-state index contributed by atoms with van der Waals surface area (Å²) in [6.07, 6.45) is 4.93. The second kappa shape index (κ2) is 6.46. The fourth-order valence-electron chi connectivity index (χ4n) is 4.65. The maximum atomic E-state index is 5.91. The topological polar surface area (TPSA) is 45.0 Å². The van der Waals surface area contributed by atoms with Crippen molar-refractivity contribution in [2.45, 2.75) is 51.6 Å². The largest absolute Gasteiger partial charge is 0.358 e. The van der Waals surface area contributed by atoms with Gasteiger partial charge in [-0.25, -0.2) is 0 Å². The van der Waals surface area contributed by atoms with E-state index in [2.05, 4.69) is 41.9 Å². The third-order valence-corrected chi connectivity index (χ3v) is 5.83. The van der Waals surface area contributed by atoms with Gasteiger partial charge in [-0.3, -0.25) is 4.90 Å². The van der Waals surface area contributed by atoms with Gasteiger partial charge < -0.3 is 10.7 Å². The summed E-state index contributed by atoms with van der Waals surface area (Å²) in [5.74, 6) is 0.696. The number of rotatable bonds is 2. The zero-order valence-electron chi connectivity index (χ0n) is 14.1. The molecular weight excluding hydrogens is 306 g/mol. The summed E-state index contributed by atoms with van der Waals surface area (Å²) in [5, 5.41) is 1.45. The molecule has 0 radical (unpaired) electrons. The number of halogens is 1. The minimum atomic E-state index is 0. The van der Waals surface area contributed by atoms with Gasteiger partial charge in [-0.1, -0.05) is 11.6 Å². The van der Waals surface area contributed by atoms with Gasteiger partial charge in [0.25, 0.3) is 0 Å². The van der Waals surface area contributed by atoms with Crippen molar-refractivity contribution in [1.82, 2.24) is 9.88 Å². The van der Waals surface area contributed by atoms with Gasteiger partial charge in [-0.15, -0.1) is 12.4 Å². The highest BCUT2D eigenvalue weighted by molar-refractivity contribution is 5.86. The molecule has 1 saturated heterocycles. The van der Waals surface area contributed by atoms with Crippen molar-refractivity contribution in [3.8, 4) is 0 Å². The van der Waals surface area contributed by atoms with Crippen LogP contribution in [0.25, 0.3) is 10.9 Å². The molecule has 0 amide bonds. The van der Waals surface area contributed by atoms with Crippen LogP contribution in [0.1, 0.15) is 36.6 Å². The van der Waals surface area contributed by atoms with Gasteiger partial charge in [-0.05, 0) is 69.7 Å². The monoisotopic (exact) mass is 333 g/mol. The summed E-state index contributed by atoms with van der Waals surface area (Å²) in [7, 11) is 0. The van der Waals surface area contributed by atoms with Gasteiger partial charge in [0.15, 0.2) is 0 Å². The van der Waals surface area contributed by atoms with Crippen molar-refractivity contribution in [2.24, 2.45) is 11.7 Å². The molecule has 2 aromatic rings. The molecule has 1 aliphatic carbocycles. The number of hydrogen-bond donors (Lipinski definition) is 2. The van der Waals surface area contributed by atoms with Crippen molar-refractivity contribution < 1.29 is 0 Å². The Bertz CT molecular complexity index is 693. The first-order valence-corrected chi connectivity index (χ1v) is 8.71. The molecule has 126 valence electrons. The zero-order chi connectivity index (χ0) is 15.3. The Kier molecular flexibility index (Phi) is 4.73. The first-order chi connectivity index (χ1) is 10.7. The Labute approximate surface area is 145 Å². The molecule has 2 heterocycles. The predicted molar refractivity (Wildman–Crippen MR) is 99.4 cm³/mol. The van der Waals surface area contributed by atoms with E-state index in [0.29, 0.717) is 18.0 Å². The second-order valence-electron chi connectivity index (χ2n) is 7.41. The molecule has 3 N–H and O–H groups in total. The average molecular weight is 334 g/mol. The highest BCUT2D eigenvalue weighted by Crippen LogP contribution is 2.34. The first-order valence-electron chi connectivity index (χ1n) is 8.71. The molecule has 2 aliphatic rings. The normalized spacial score (nSPS) is 27.9. The quantitative estimate of drug-likeness (QED) is 0.884. The number of nitrogens with two attached hydrogens (primary N) is 1. The lowest BCUT2D eigenvalue weighted by molar-refractivity contribution is 0.170. The third kappa shape index (κ3) is 2.90. The number of nitrogens with one attached hydrogen (secondary N) is 1. The van der Waals surface area contributed by atoms with E-state index in [1.54, 1.807) is 5.56 Å². The molecule has 4 heteroatoms. The Balaban J connectivity index is 0.00000156. The van der Waals surface area contributed by atoms with Crippen LogP contribution in [-0.2, 0) is 12.8 Å². The van der Waals surface area contributed by atoms with Crippen LogP contribution in [0.4, 0.5) is 0 Å². The van der Waals surface area contributed by atoms with Gasteiger partial charge in [0.1, 0.15) is 0 Å². The van der Waals surface area contributed by atoms with Crippen molar-refractivity contribution >= 4 is 23.3 Å². The summed E-state index contributed by atoms with van der Waals surface area (Å²) in [6.45, 7) is 6.60. The van der Waals surface area contributed by atoms with Gasteiger partial charge in [-0.2, -0.15) is 0 Å². The molecule has 0 spiro atoms. The molecule has 3 nitrogen and oxygen atoms in total. The molecule has 3 atom stereocenters. The first kappa shape index (κ1) is 16.8. The van der Waals surface area contributed by atoms with Gasteiger partial charge in [0.2, 0.25) is 0 Å². The summed E-state index contributed by atoms with van der Waals surface area (Å²) >= 11 is 0. The number of likely N-dealkylation sites (tertiary alicyclic amines) is 1. The SMILES string of the molecule is Cc1ccc2[nH]c3c(c2c1)CC(N1CC(CN)CC1C)CC3.Cl. The van der Waals surface area contributed by atoms with Crippen LogP contribution in [0.5, 0.6) is 0 Å². The van der Waals surface area contributed by atoms with Gasteiger partial charge in [0, 0.05) is 35.2 Å². The number of fused-ring (bicyclic) bond motifs is 3. The van der Waals surface area contributed by atoms with Crippen LogP contribution >= 0.6 is 12.4 Å². The average Bonchev–Trinajstić information content (AvgIpc) is 3.07. The molecule has 1 fully saturated rings. The van der Waals surface area contributed by atoms with E-state index >= 15 is 0 Å². The fourth-order valence-corrected chi connectivity index (χ4v) is 4.65. The summed E-state index contributed by atoms with van der Waals surface area (Å²) in [4.78, 5) is 6.38. The maximum Gasteiger partial charge on any atom is 0.0459 e. The number of benzene rings is 1. The van der Waals surface area contributed by atoms with Crippen LogP contribution in [0.2, 0.25) is 0 Å². The number of hydrogen-bond acceptors (Lipinski definition) is 2. The number of aryl methyl sites for hydroxylation is 2. The molecule has 0 saturated carbocycles. The Morgan fingerprint density at radius 3 is 2.91 bits per heavy atom. The minimum absolute atomic E-state index is 0. The van der Waals surface area contributed by atoms with Crippen LogP contribution in [0.3, 0.4) is 0 Å². The fraction of sp³-hybridized carbons (Fsp3) is 0.579. The number of aromatic amines is 1. The van der Waals surface area contributed by atoms with E-state index in [9.17, 15) is 0 Å². The Hall–Kier alpha value is -1.03. The van der Waals surface area contributed by atoms with Gasteiger partial charge in [0.05, 0.1) is 0 Å².